The predicted molar refractivity (Wildman–Crippen MR) is 194 cm³/mol. The van der Waals surface area contributed by atoms with Gasteiger partial charge in [0.25, 0.3) is 0 Å². The molecule has 226 valence electrons. The smallest absolute Gasteiger partial charge is 0.131 e. The van der Waals surface area contributed by atoms with Crippen molar-refractivity contribution < 1.29 is 0 Å². The molecule has 0 radical (unpaired) electrons. The number of hydrogen-bond donors (Lipinski definition) is 4. The van der Waals surface area contributed by atoms with Crippen molar-refractivity contribution >= 4 is 38.8 Å². The zero-order chi connectivity index (χ0) is 31.2. The first-order valence-corrected chi connectivity index (χ1v) is 16.1. The van der Waals surface area contributed by atoms with Gasteiger partial charge in [-0.2, -0.15) is 0 Å². The van der Waals surface area contributed by atoms with Crippen LogP contribution in [0.2, 0.25) is 0 Å². The van der Waals surface area contributed by atoms with Crippen LogP contribution in [-0.2, 0) is 0 Å². The largest absolute Gasteiger partial charge is 0.360 e. The summed E-state index contributed by atoms with van der Waals surface area (Å²) in [6.07, 6.45) is -0.326. The Kier molecular flexibility index (Phi) is 6.69. The summed E-state index contributed by atoms with van der Waals surface area (Å²) in [7, 11) is 0. The Morgan fingerprint density at radius 1 is 0.426 bits per heavy atom. The summed E-state index contributed by atoms with van der Waals surface area (Å²) < 4.78 is 0. The highest BCUT2D eigenvalue weighted by molar-refractivity contribution is 6.00. The molecule has 0 fully saturated rings. The molecular formula is C42H33N5. The summed E-state index contributed by atoms with van der Waals surface area (Å²) in [4.78, 5) is 5.14. The van der Waals surface area contributed by atoms with Crippen LogP contribution in [0, 0.1) is 0 Å². The molecule has 0 bridgehead atoms. The number of rotatable bonds is 5. The number of para-hydroxylation sites is 2. The Morgan fingerprint density at radius 3 is 1.81 bits per heavy atom. The fourth-order valence-electron chi connectivity index (χ4n) is 6.87. The molecule has 0 aromatic heterocycles. The van der Waals surface area contributed by atoms with Crippen molar-refractivity contribution in [1.82, 2.24) is 10.6 Å². The first-order chi connectivity index (χ1) is 23.2. The van der Waals surface area contributed by atoms with Gasteiger partial charge in [0, 0.05) is 5.56 Å². The van der Waals surface area contributed by atoms with Crippen LogP contribution in [0.25, 0.3) is 32.7 Å². The maximum absolute atomic E-state index is 5.14. The molecule has 0 amide bonds. The van der Waals surface area contributed by atoms with Gasteiger partial charge in [-0.05, 0) is 85.8 Å². The van der Waals surface area contributed by atoms with Crippen molar-refractivity contribution in [1.29, 1.82) is 0 Å². The minimum Gasteiger partial charge on any atom is -0.360 e. The summed E-state index contributed by atoms with van der Waals surface area (Å²) in [6, 6.07) is 56.1. The SMILES string of the molecule is c1ccc(C2=NC(c3ccccc3)NC(c3cc4ccccc4cc3-c3ccc4cc(C5Nc6ccccc6N5)ccc4c3)N2)cc1. The number of aliphatic imine (C=N–C) groups is 1. The molecule has 0 aliphatic carbocycles. The van der Waals surface area contributed by atoms with Crippen LogP contribution in [-0.4, -0.2) is 5.84 Å². The van der Waals surface area contributed by atoms with Crippen LogP contribution in [0.3, 0.4) is 0 Å². The first-order valence-electron chi connectivity index (χ1n) is 16.1. The van der Waals surface area contributed by atoms with Crippen molar-refractivity contribution in [2.45, 2.75) is 18.5 Å². The molecule has 2 aliphatic rings. The highest BCUT2D eigenvalue weighted by atomic mass is 15.3. The highest BCUT2D eigenvalue weighted by Gasteiger charge is 2.28. The van der Waals surface area contributed by atoms with E-state index in [0.29, 0.717) is 0 Å². The molecule has 2 unspecified atom stereocenters. The van der Waals surface area contributed by atoms with Crippen LogP contribution in [0.1, 0.15) is 40.8 Å². The van der Waals surface area contributed by atoms with E-state index in [1.54, 1.807) is 0 Å². The molecule has 2 atom stereocenters. The van der Waals surface area contributed by atoms with Crippen LogP contribution in [0.4, 0.5) is 11.4 Å². The Hall–Kier alpha value is -5.91. The van der Waals surface area contributed by atoms with E-state index in [0.717, 1.165) is 28.3 Å². The Labute approximate surface area is 274 Å². The standard InChI is InChI=1S/C42H33N5/c1-3-11-27(12-4-1)39-45-40(28-13-5-2-6-14-28)47-42(46-39)36-26-30-16-8-7-15-29(30)25-35(36)33-21-19-32-24-34(22-20-31(32)23-33)41-43-37-17-9-10-18-38(37)44-41/h1-26,39,41-44,46H,(H,45,47). The van der Waals surface area contributed by atoms with Gasteiger partial charge in [-0.25, -0.2) is 4.99 Å². The van der Waals surface area contributed by atoms with E-state index >= 15 is 0 Å². The second-order valence-corrected chi connectivity index (χ2v) is 12.3. The molecule has 2 heterocycles. The quantitative estimate of drug-likeness (QED) is 0.157. The van der Waals surface area contributed by atoms with Crippen LogP contribution in [0.15, 0.2) is 163 Å². The molecular weight excluding hydrogens is 574 g/mol. The topological polar surface area (TPSA) is 60.5 Å². The average Bonchev–Trinajstić information content (AvgIpc) is 3.59. The van der Waals surface area contributed by atoms with E-state index < -0.39 is 0 Å². The molecule has 7 aromatic rings. The highest BCUT2D eigenvalue weighted by Crippen LogP contribution is 2.38. The lowest BCUT2D eigenvalue weighted by molar-refractivity contribution is 0.410. The van der Waals surface area contributed by atoms with E-state index in [4.69, 9.17) is 4.99 Å². The van der Waals surface area contributed by atoms with Crippen LogP contribution in [0.5, 0.6) is 0 Å². The number of fused-ring (bicyclic) bond motifs is 3. The lowest BCUT2D eigenvalue weighted by Gasteiger charge is -2.33. The van der Waals surface area contributed by atoms with E-state index in [-0.39, 0.29) is 18.5 Å². The Morgan fingerprint density at radius 2 is 1.04 bits per heavy atom. The molecule has 7 aromatic carbocycles. The maximum atomic E-state index is 5.14. The van der Waals surface area contributed by atoms with Crippen LogP contribution < -0.4 is 21.3 Å². The monoisotopic (exact) mass is 607 g/mol. The first kappa shape index (κ1) is 27.4. The molecule has 5 heteroatoms. The van der Waals surface area contributed by atoms with E-state index in [9.17, 15) is 0 Å². The van der Waals surface area contributed by atoms with Crippen molar-refractivity contribution in [2.75, 3.05) is 10.6 Å². The van der Waals surface area contributed by atoms with Crippen molar-refractivity contribution in [3.63, 3.8) is 0 Å². The van der Waals surface area contributed by atoms with Gasteiger partial charge in [0.05, 0.1) is 11.4 Å². The molecule has 5 nitrogen and oxygen atoms in total. The molecule has 0 saturated carbocycles. The molecule has 9 rings (SSSR count). The van der Waals surface area contributed by atoms with E-state index in [2.05, 4.69) is 167 Å². The fraction of sp³-hybridized carbons (Fsp3) is 0.0714. The summed E-state index contributed by atoms with van der Waals surface area (Å²) in [5.74, 6) is 0.879. The zero-order valence-electron chi connectivity index (χ0n) is 25.7. The van der Waals surface area contributed by atoms with E-state index in [1.165, 1.54) is 43.8 Å². The number of amidine groups is 1. The second-order valence-electron chi connectivity index (χ2n) is 12.3. The summed E-state index contributed by atoms with van der Waals surface area (Å²) in [5, 5.41) is 19.7. The molecule has 0 spiro atoms. The summed E-state index contributed by atoms with van der Waals surface area (Å²) in [6.45, 7) is 0. The second kappa shape index (κ2) is 11.5. The van der Waals surface area contributed by atoms with Gasteiger partial charge in [-0.3, -0.25) is 5.32 Å². The number of nitrogens with zero attached hydrogens (tertiary/aromatic N) is 1. The van der Waals surface area contributed by atoms with Crippen LogP contribution >= 0.6 is 0 Å². The summed E-state index contributed by atoms with van der Waals surface area (Å²) in [5.41, 5.74) is 9.23. The third-order valence-electron chi connectivity index (χ3n) is 9.29. The number of benzene rings is 7. The van der Waals surface area contributed by atoms with Gasteiger partial charge < -0.3 is 16.0 Å². The Balaban J connectivity index is 1.12. The number of nitrogens with one attached hydrogen (secondary N) is 4. The number of anilines is 2. The van der Waals surface area contributed by atoms with Gasteiger partial charge in [-0.1, -0.05) is 121 Å². The maximum Gasteiger partial charge on any atom is 0.131 e. The minimum atomic E-state index is -0.198. The average molecular weight is 608 g/mol. The summed E-state index contributed by atoms with van der Waals surface area (Å²) >= 11 is 0. The molecule has 4 N–H and O–H groups in total. The zero-order valence-corrected chi connectivity index (χ0v) is 25.7. The minimum absolute atomic E-state index is 0.0463. The Bertz CT molecular complexity index is 2250. The lowest BCUT2D eigenvalue weighted by atomic mass is 9.91. The third kappa shape index (κ3) is 5.17. The molecule has 2 aliphatic heterocycles. The molecule has 47 heavy (non-hydrogen) atoms. The van der Waals surface area contributed by atoms with Gasteiger partial charge in [-0.15, -0.1) is 0 Å². The van der Waals surface area contributed by atoms with Crippen molar-refractivity contribution in [2.24, 2.45) is 4.99 Å². The molecule has 0 saturated heterocycles. The van der Waals surface area contributed by atoms with Crippen molar-refractivity contribution in [3.05, 3.63) is 180 Å². The van der Waals surface area contributed by atoms with Gasteiger partial charge in [0.2, 0.25) is 0 Å². The fourth-order valence-corrected chi connectivity index (χ4v) is 6.87. The van der Waals surface area contributed by atoms with Gasteiger partial charge >= 0.3 is 0 Å². The van der Waals surface area contributed by atoms with Gasteiger partial charge in [0.15, 0.2) is 0 Å². The predicted octanol–water partition coefficient (Wildman–Crippen LogP) is 9.53. The normalized spacial score (nSPS) is 17.4. The third-order valence-corrected chi connectivity index (χ3v) is 9.29. The van der Waals surface area contributed by atoms with Gasteiger partial charge in [0.1, 0.15) is 24.3 Å². The number of hydrogen-bond acceptors (Lipinski definition) is 5. The van der Waals surface area contributed by atoms with E-state index in [1.807, 2.05) is 12.1 Å². The lowest BCUT2D eigenvalue weighted by Crippen LogP contribution is -2.45. The van der Waals surface area contributed by atoms with Crippen molar-refractivity contribution in [3.8, 4) is 11.1 Å².